The number of hydrogen-bond donors (Lipinski definition) is 1. The van der Waals surface area contributed by atoms with Crippen LogP contribution in [0.5, 0.6) is 0 Å². The molecule has 1 aromatic carbocycles. The van der Waals surface area contributed by atoms with Gasteiger partial charge in [-0.2, -0.15) is 0 Å². The maximum absolute atomic E-state index is 11.0. The highest BCUT2D eigenvalue weighted by Gasteiger charge is 2.25. The molecule has 0 atom stereocenters. The van der Waals surface area contributed by atoms with Crippen LogP contribution in [0.3, 0.4) is 0 Å². The van der Waals surface area contributed by atoms with E-state index in [4.69, 9.17) is 16.7 Å². The third-order valence-corrected chi connectivity index (χ3v) is 3.74. The largest absolute Gasteiger partial charge is 0.481 e. The van der Waals surface area contributed by atoms with Gasteiger partial charge < -0.3 is 9.67 Å². The molecule has 2 aromatic rings. The summed E-state index contributed by atoms with van der Waals surface area (Å²) >= 11 is 6.03. The summed E-state index contributed by atoms with van der Waals surface area (Å²) in [6.07, 6.45) is 1.76. The van der Waals surface area contributed by atoms with Crippen LogP contribution in [0.1, 0.15) is 39.4 Å². The summed E-state index contributed by atoms with van der Waals surface area (Å²) in [6.45, 7) is 6.91. The number of hydrogen-bond acceptors (Lipinski definition) is 2. The van der Waals surface area contributed by atoms with Gasteiger partial charge in [-0.3, -0.25) is 4.79 Å². The molecule has 5 heteroatoms. The summed E-state index contributed by atoms with van der Waals surface area (Å²) < 4.78 is 2.18. The van der Waals surface area contributed by atoms with E-state index in [0.29, 0.717) is 11.4 Å². The van der Waals surface area contributed by atoms with Gasteiger partial charge >= 0.3 is 5.97 Å². The van der Waals surface area contributed by atoms with Gasteiger partial charge in [-0.05, 0) is 30.0 Å². The quantitative estimate of drug-likeness (QED) is 0.872. The Morgan fingerprint density at radius 1 is 1.43 bits per heavy atom. The van der Waals surface area contributed by atoms with Crippen molar-refractivity contribution in [1.82, 2.24) is 9.55 Å². The number of carboxylic acids is 1. The van der Waals surface area contributed by atoms with Crippen LogP contribution in [0.4, 0.5) is 0 Å². The molecule has 0 unspecified atom stereocenters. The molecule has 114 valence electrons. The molecular formula is C16H21ClN2O2. The Morgan fingerprint density at radius 2 is 2.14 bits per heavy atom. The lowest BCUT2D eigenvalue weighted by Crippen LogP contribution is -2.22. The zero-order chi connectivity index (χ0) is 15.6. The summed E-state index contributed by atoms with van der Waals surface area (Å²) in [4.78, 5) is 15.7. The van der Waals surface area contributed by atoms with Crippen LogP contribution in [0.2, 0.25) is 5.02 Å². The average Bonchev–Trinajstić information content (AvgIpc) is 2.64. The Labute approximate surface area is 129 Å². The zero-order valence-electron chi connectivity index (χ0n) is 12.7. The second-order valence-electron chi connectivity index (χ2n) is 6.22. The summed E-state index contributed by atoms with van der Waals surface area (Å²) in [6, 6.07) is 5.70. The van der Waals surface area contributed by atoms with Gasteiger partial charge in [0.1, 0.15) is 5.82 Å². The average molecular weight is 309 g/mol. The number of aryl methyl sites for hydroxylation is 1. The van der Waals surface area contributed by atoms with Gasteiger partial charge in [0.2, 0.25) is 0 Å². The van der Waals surface area contributed by atoms with Crippen molar-refractivity contribution in [3.05, 3.63) is 29.0 Å². The van der Waals surface area contributed by atoms with Crippen molar-refractivity contribution in [2.75, 3.05) is 0 Å². The van der Waals surface area contributed by atoms with Crippen molar-refractivity contribution in [2.24, 2.45) is 5.41 Å². The molecule has 0 aliphatic heterocycles. The summed E-state index contributed by atoms with van der Waals surface area (Å²) in [5.41, 5.74) is 1.60. The Morgan fingerprint density at radius 3 is 2.76 bits per heavy atom. The van der Waals surface area contributed by atoms with E-state index in [-0.39, 0.29) is 11.8 Å². The molecule has 0 saturated heterocycles. The maximum Gasteiger partial charge on any atom is 0.303 e. The van der Waals surface area contributed by atoms with Crippen molar-refractivity contribution < 1.29 is 9.90 Å². The number of rotatable bonds is 6. The summed E-state index contributed by atoms with van der Waals surface area (Å²) in [5, 5.41) is 9.70. The number of benzene rings is 1. The fourth-order valence-electron chi connectivity index (χ4n) is 2.66. The molecule has 1 aromatic heterocycles. The first-order chi connectivity index (χ1) is 9.82. The summed E-state index contributed by atoms with van der Waals surface area (Å²) in [5.74, 6) is 0.154. The van der Waals surface area contributed by atoms with Crippen LogP contribution in [-0.2, 0) is 17.8 Å². The number of nitrogens with zero attached hydrogens (tertiary/aromatic N) is 2. The van der Waals surface area contributed by atoms with Crippen LogP contribution in [0.15, 0.2) is 18.2 Å². The first-order valence-corrected chi connectivity index (χ1v) is 7.56. The second kappa shape index (κ2) is 6.06. The third-order valence-electron chi connectivity index (χ3n) is 3.50. The first kappa shape index (κ1) is 15.8. The SMILES string of the molecule is CCCn1c(CC(C)(C)CC(=O)O)nc2cc(Cl)ccc21. The van der Waals surface area contributed by atoms with Crippen LogP contribution < -0.4 is 0 Å². The highest BCUT2D eigenvalue weighted by Crippen LogP contribution is 2.28. The van der Waals surface area contributed by atoms with Crippen molar-refractivity contribution >= 4 is 28.6 Å². The van der Waals surface area contributed by atoms with E-state index in [1.54, 1.807) is 0 Å². The zero-order valence-corrected chi connectivity index (χ0v) is 13.4. The number of aliphatic carboxylic acids is 1. The molecule has 1 heterocycles. The fraction of sp³-hybridized carbons (Fsp3) is 0.500. The van der Waals surface area contributed by atoms with Gasteiger partial charge in [-0.15, -0.1) is 0 Å². The lowest BCUT2D eigenvalue weighted by molar-refractivity contribution is -0.139. The van der Waals surface area contributed by atoms with E-state index in [0.717, 1.165) is 29.8 Å². The number of halogens is 1. The number of carbonyl (C=O) groups is 1. The van der Waals surface area contributed by atoms with Crippen LogP contribution >= 0.6 is 11.6 Å². The Kier molecular flexibility index (Phi) is 4.57. The molecule has 0 bridgehead atoms. The molecule has 0 spiro atoms. The monoisotopic (exact) mass is 308 g/mol. The molecule has 0 aliphatic rings. The van der Waals surface area contributed by atoms with E-state index in [1.165, 1.54) is 0 Å². The lowest BCUT2D eigenvalue weighted by atomic mass is 9.85. The van der Waals surface area contributed by atoms with Gasteiger partial charge in [0.05, 0.1) is 17.5 Å². The van der Waals surface area contributed by atoms with E-state index >= 15 is 0 Å². The van der Waals surface area contributed by atoms with E-state index in [9.17, 15) is 4.79 Å². The van der Waals surface area contributed by atoms with E-state index in [2.05, 4.69) is 16.5 Å². The highest BCUT2D eigenvalue weighted by molar-refractivity contribution is 6.31. The minimum atomic E-state index is -0.777. The normalized spacial score (nSPS) is 12.0. The van der Waals surface area contributed by atoms with Gasteiger partial charge in [0.25, 0.3) is 0 Å². The minimum Gasteiger partial charge on any atom is -0.481 e. The standard InChI is InChI=1S/C16H21ClN2O2/c1-4-7-19-13-6-5-11(17)8-12(13)18-14(19)9-16(2,3)10-15(20)21/h5-6,8H,4,7,9-10H2,1-3H3,(H,20,21). The molecule has 0 radical (unpaired) electrons. The van der Waals surface area contributed by atoms with Crippen molar-refractivity contribution in [2.45, 2.75) is 46.6 Å². The van der Waals surface area contributed by atoms with E-state index in [1.807, 2.05) is 32.0 Å². The molecule has 0 fully saturated rings. The van der Waals surface area contributed by atoms with Crippen molar-refractivity contribution in [1.29, 1.82) is 0 Å². The van der Waals surface area contributed by atoms with Gasteiger partial charge in [-0.1, -0.05) is 32.4 Å². The molecule has 1 N–H and O–H groups in total. The smallest absolute Gasteiger partial charge is 0.303 e. The molecule has 0 saturated carbocycles. The number of imidazole rings is 1. The molecule has 0 amide bonds. The topological polar surface area (TPSA) is 55.1 Å². The Hall–Kier alpha value is -1.55. The number of fused-ring (bicyclic) bond motifs is 1. The van der Waals surface area contributed by atoms with Crippen LogP contribution in [-0.4, -0.2) is 20.6 Å². The predicted octanol–water partition coefficient (Wildman–Crippen LogP) is 4.14. The van der Waals surface area contributed by atoms with Crippen molar-refractivity contribution in [3.8, 4) is 0 Å². The summed E-state index contributed by atoms with van der Waals surface area (Å²) in [7, 11) is 0. The molecule has 0 aliphatic carbocycles. The second-order valence-corrected chi connectivity index (χ2v) is 6.66. The number of carboxylic acid groups (broad SMARTS) is 1. The van der Waals surface area contributed by atoms with E-state index < -0.39 is 5.97 Å². The van der Waals surface area contributed by atoms with Gasteiger partial charge in [0, 0.05) is 18.0 Å². The predicted molar refractivity (Wildman–Crippen MR) is 84.8 cm³/mol. The van der Waals surface area contributed by atoms with Gasteiger partial charge in [0.15, 0.2) is 0 Å². The highest BCUT2D eigenvalue weighted by atomic mass is 35.5. The van der Waals surface area contributed by atoms with Gasteiger partial charge in [-0.25, -0.2) is 4.98 Å². The molecule has 4 nitrogen and oxygen atoms in total. The van der Waals surface area contributed by atoms with Crippen LogP contribution in [0.25, 0.3) is 11.0 Å². The Bertz CT molecular complexity index is 662. The molecule has 21 heavy (non-hydrogen) atoms. The number of aromatic nitrogens is 2. The third kappa shape index (κ3) is 3.76. The Balaban J connectivity index is 2.42. The lowest BCUT2D eigenvalue weighted by Gasteiger charge is -2.22. The minimum absolute atomic E-state index is 0.128. The first-order valence-electron chi connectivity index (χ1n) is 7.19. The van der Waals surface area contributed by atoms with Crippen LogP contribution in [0, 0.1) is 5.41 Å². The van der Waals surface area contributed by atoms with Crippen molar-refractivity contribution in [3.63, 3.8) is 0 Å². The maximum atomic E-state index is 11.0. The fourth-order valence-corrected chi connectivity index (χ4v) is 2.83. The molecule has 2 rings (SSSR count). The molecular weight excluding hydrogens is 288 g/mol.